The van der Waals surface area contributed by atoms with Gasteiger partial charge in [0.15, 0.2) is 11.6 Å². The molecule has 0 unspecified atom stereocenters. The molecule has 2 heterocycles. The van der Waals surface area contributed by atoms with Gasteiger partial charge >= 0.3 is 11.9 Å². The Labute approximate surface area is 295 Å². The molecule has 2 aromatic carbocycles. The number of rotatable bonds is 16. The number of hydrogen-bond donors (Lipinski definition) is 7. The number of carbonyl (C=O) groups excluding carboxylic acids is 4. The number of Topliss-reactive ketones (excluding diaryl/α,β-unsaturated/α-hetero) is 1. The minimum Gasteiger partial charge on any atom is -0.478 e. The maximum absolute atomic E-state index is 12.5. The van der Waals surface area contributed by atoms with E-state index < -0.39 is 54.4 Å². The lowest BCUT2D eigenvalue weighted by molar-refractivity contribution is -0.119. The van der Waals surface area contributed by atoms with Crippen LogP contribution in [0.5, 0.6) is 0 Å². The molecule has 0 bridgehead atoms. The average molecular weight is 723 g/mol. The van der Waals surface area contributed by atoms with Crippen molar-refractivity contribution in [2.75, 3.05) is 6.61 Å². The van der Waals surface area contributed by atoms with Crippen LogP contribution in [0.3, 0.4) is 0 Å². The first-order chi connectivity index (χ1) is 24.6. The SMILES string of the molecule is CC[C@H](C)c1noc([C@H](CC(C)=O)NC(=O)c2cccc(C(=O)O)c2)n1.NC(=O)C[C@H](NC(=O)c1cccc(C(=O)O)c1)c1nc([C@@H](N)CO)no1. The van der Waals surface area contributed by atoms with Crippen LogP contribution >= 0.6 is 0 Å². The van der Waals surface area contributed by atoms with E-state index >= 15 is 0 Å². The second kappa shape index (κ2) is 18.6. The molecule has 3 amide bonds. The molecule has 19 nitrogen and oxygen atoms in total. The molecule has 0 aliphatic carbocycles. The fourth-order valence-electron chi connectivity index (χ4n) is 4.35. The summed E-state index contributed by atoms with van der Waals surface area (Å²) in [6.45, 7) is 4.92. The standard InChI is InChI=1S/C18H21N3O5.C15H17N5O6/c1-4-10(2)15-20-17(26-21-15)14(8-11(3)22)19-16(23)12-6-5-7-13(9-12)18(24)25;16-9(6-21)12-19-14(26-20-12)10(5-11(17)22)18-13(23)7-2-1-3-8(4-7)15(24)25/h5-7,9-10,14H,4,8H2,1-3H3,(H,19,23)(H,24,25);1-4,9-10,21H,5-6,16H2,(H2,17,22)(H,18,23)(H,24,25)/t10-,14-;9-,10-/m00/s1. The summed E-state index contributed by atoms with van der Waals surface area (Å²) >= 11 is 0. The molecule has 0 aliphatic rings. The highest BCUT2D eigenvalue weighted by Gasteiger charge is 2.27. The van der Waals surface area contributed by atoms with Crippen LogP contribution in [-0.4, -0.2) is 77.7 Å². The van der Waals surface area contributed by atoms with E-state index in [1.54, 1.807) is 0 Å². The number of hydrogen-bond acceptors (Lipinski definition) is 14. The molecule has 0 fully saturated rings. The third kappa shape index (κ3) is 11.4. The van der Waals surface area contributed by atoms with E-state index in [-0.39, 0.29) is 64.4 Å². The van der Waals surface area contributed by atoms with Crippen LogP contribution in [0.2, 0.25) is 0 Å². The van der Waals surface area contributed by atoms with Crippen molar-refractivity contribution < 1.29 is 53.1 Å². The van der Waals surface area contributed by atoms with Crippen molar-refractivity contribution in [2.45, 2.75) is 64.1 Å². The molecular formula is C33H38N8O11. The molecule has 4 rings (SSSR count). The molecule has 2 aromatic heterocycles. The lowest BCUT2D eigenvalue weighted by Gasteiger charge is -2.14. The lowest BCUT2D eigenvalue weighted by atomic mass is 10.1. The first kappa shape index (κ1) is 40.1. The zero-order valence-electron chi connectivity index (χ0n) is 28.3. The van der Waals surface area contributed by atoms with Gasteiger partial charge in [-0.15, -0.1) is 0 Å². The summed E-state index contributed by atoms with van der Waals surface area (Å²) < 4.78 is 10.2. The Hall–Kier alpha value is -6.34. The first-order valence-electron chi connectivity index (χ1n) is 15.7. The predicted octanol–water partition coefficient (Wildman–Crippen LogP) is 1.84. The zero-order chi connectivity index (χ0) is 38.5. The summed E-state index contributed by atoms with van der Waals surface area (Å²) in [5, 5.41) is 39.7. The molecular weight excluding hydrogens is 684 g/mol. The second-order valence-corrected chi connectivity index (χ2v) is 11.5. The predicted molar refractivity (Wildman–Crippen MR) is 178 cm³/mol. The van der Waals surface area contributed by atoms with Gasteiger partial charge in [0.2, 0.25) is 17.7 Å². The number of carboxylic acids is 2. The summed E-state index contributed by atoms with van der Waals surface area (Å²) in [5.41, 5.74) is 10.9. The van der Waals surface area contributed by atoms with Crippen LogP contribution in [0.15, 0.2) is 57.6 Å². The lowest BCUT2D eigenvalue weighted by Crippen LogP contribution is -2.32. The van der Waals surface area contributed by atoms with Crippen molar-refractivity contribution >= 4 is 35.4 Å². The number of nitrogens with two attached hydrogens (primary N) is 2. The van der Waals surface area contributed by atoms with Crippen LogP contribution < -0.4 is 22.1 Å². The zero-order valence-corrected chi connectivity index (χ0v) is 28.3. The smallest absolute Gasteiger partial charge is 0.335 e. The van der Waals surface area contributed by atoms with E-state index in [1.165, 1.54) is 55.5 Å². The van der Waals surface area contributed by atoms with Crippen molar-refractivity contribution in [3.05, 3.63) is 94.2 Å². The van der Waals surface area contributed by atoms with Crippen molar-refractivity contribution in [1.82, 2.24) is 30.9 Å². The Kier molecular flexibility index (Phi) is 14.3. The third-order valence-corrected chi connectivity index (χ3v) is 7.34. The van der Waals surface area contributed by atoms with Crippen molar-refractivity contribution in [3.63, 3.8) is 0 Å². The van der Waals surface area contributed by atoms with Gasteiger partial charge in [-0.05, 0) is 49.7 Å². The number of nitrogens with one attached hydrogen (secondary N) is 2. The number of aliphatic hydroxyl groups is 1. The van der Waals surface area contributed by atoms with Gasteiger partial charge in [-0.1, -0.05) is 36.3 Å². The van der Waals surface area contributed by atoms with Crippen LogP contribution in [0.25, 0.3) is 0 Å². The maximum atomic E-state index is 12.5. The Morgan fingerprint density at radius 2 is 1.21 bits per heavy atom. The van der Waals surface area contributed by atoms with E-state index in [1.807, 2.05) is 13.8 Å². The summed E-state index contributed by atoms with van der Waals surface area (Å²) in [7, 11) is 0. The molecule has 0 radical (unpaired) electrons. The van der Waals surface area contributed by atoms with Gasteiger partial charge in [-0.2, -0.15) is 9.97 Å². The Balaban J connectivity index is 0.000000280. The molecule has 276 valence electrons. The molecule has 0 aliphatic heterocycles. The van der Waals surface area contributed by atoms with E-state index in [4.69, 9.17) is 35.8 Å². The largest absolute Gasteiger partial charge is 0.478 e. The molecule has 4 atom stereocenters. The number of aliphatic hydroxyl groups excluding tert-OH is 1. The molecule has 52 heavy (non-hydrogen) atoms. The number of carbonyl (C=O) groups is 6. The summed E-state index contributed by atoms with van der Waals surface area (Å²) in [5.74, 6) is -3.76. The third-order valence-electron chi connectivity index (χ3n) is 7.34. The van der Waals surface area contributed by atoms with Gasteiger partial charge in [0.05, 0.1) is 30.2 Å². The average Bonchev–Trinajstić information content (AvgIpc) is 3.82. The number of primary amides is 1. The van der Waals surface area contributed by atoms with Gasteiger partial charge in [-0.3, -0.25) is 19.2 Å². The van der Waals surface area contributed by atoms with Gasteiger partial charge < -0.3 is 46.5 Å². The fourth-order valence-corrected chi connectivity index (χ4v) is 4.35. The highest BCUT2D eigenvalue weighted by molar-refractivity contribution is 5.98. The summed E-state index contributed by atoms with van der Waals surface area (Å²) in [4.78, 5) is 78.0. The monoisotopic (exact) mass is 722 g/mol. The van der Waals surface area contributed by atoms with Crippen LogP contribution in [0.4, 0.5) is 0 Å². The molecule has 0 saturated heterocycles. The molecule has 4 aromatic rings. The molecule has 0 spiro atoms. The van der Waals surface area contributed by atoms with Crippen molar-refractivity contribution in [3.8, 4) is 0 Å². The molecule has 19 heteroatoms. The van der Waals surface area contributed by atoms with Gasteiger partial charge in [0.25, 0.3) is 11.8 Å². The Morgan fingerprint density at radius 1 is 0.769 bits per heavy atom. The van der Waals surface area contributed by atoms with Crippen molar-refractivity contribution in [2.24, 2.45) is 11.5 Å². The van der Waals surface area contributed by atoms with Gasteiger partial charge in [-0.25, -0.2) is 9.59 Å². The van der Waals surface area contributed by atoms with Crippen LogP contribution in [0.1, 0.15) is 129 Å². The highest BCUT2D eigenvalue weighted by atomic mass is 16.5. The highest BCUT2D eigenvalue weighted by Crippen LogP contribution is 2.22. The van der Waals surface area contributed by atoms with Crippen LogP contribution in [-0.2, 0) is 9.59 Å². The number of carboxylic acid groups (broad SMARTS) is 2. The van der Waals surface area contributed by atoms with Crippen LogP contribution in [0, 0.1) is 0 Å². The summed E-state index contributed by atoms with van der Waals surface area (Å²) in [6, 6.07) is 8.25. The number of nitrogens with zero attached hydrogens (tertiary/aromatic N) is 4. The Morgan fingerprint density at radius 3 is 1.63 bits per heavy atom. The van der Waals surface area contributed by atoms with E-state index in [0.29, 0.717) is 5.82 Å². The minimum atomic E-state index is -1.19. The fraction of sp³-hybridized carbons (Fsp3) is 0.333. The molecule has 0 saturated carbocycles. The maximum Gasteiger partial charge on any atom is 0.335 e. The number of ketones is 1. The normalized spacial score (nSPS) is 13.0. The Bertz CT molecular complexity index is 1770. The number of benzene rings is 2. The minimum absolute atomic E-state index is 0.000839. The first-order valence-corrected chi connectivity index (χ1v) is 15.7. The number of amides is 3. The topological polar surface area (TPSA) is 317 Å². The number of aromatic nitrogens is 4. The quantitative estimate of drug-likeness (QED) is 0.0867. The number of aromatic carboxylic acids is 2. The van der Waals surface area contributed by atoms with E-state index in [0.717, 1.165) is 6.42 Å². The molecule has 9 N–H and O–H groups in total. The van der Waals surface area contributed by atoms with Crippen molar-refractivity contribution in [1.29, 1.82) is 0 Å². The van der Waals surface area contributed by atoms with E-state index in [2.05, 4.69) is 30.9 Å². The van der Waals surface area contributed by atoms with E-state index in [9.17, 15) is 28.8 Å². The summed E-state index contributed by atoms with van der Waals surface area (Å²) in [6.07, 6.45) is 0.484. The van der Waals surface area contributed by atoms with Gasteiger partial charge in [0.1, 0.15) is 17.9 Å². The second-order valence-electron chi connectivity index (χ2n) is 11.5. The van der Waals surface area contributed by atoms with Gasteiger partial charge in [0, 0.05) is 23.5 Å².